The molecule has 0 aliphatic heterocycles. The van der Waals surface area contributed by atoms with Gasteiger partial charge in [-0.15, -0.1) is 5.10 Å². The second kappa shape index (κ2) is 7.44. The SMILES string of the molecule is COc1cc(Nc2nc(N[C@@H](C)c3ncc(F)cn3)nc(Cl)c2F)[nH]n1. The first-order valence-electron chi connectivity index (χ1n) is 7.29. The summed E-state index contributed by atoms with van der Waals surface area (Å²) in [5, 5.41) is 11.6. The Hall–Kier alpha value is -3.08. The Kier molecular flexibility index (Phi) is 5.07. The molecule has 12 heteroatoms. The molecular formula is C14H13ClF2N8O. The van der Waals surface area contributed by atoms with Crippen molar-refractivity contribution >= 4 is 29.2 Å². The number of aromatic nitrogens is 6. The molecule has 0 unspecified atom stereocenters. The van der Waals surface area contributed by atoms with Crippen LogP contribution >= 0.6 is 11.6 Å². The molecule has 0 fully saturated rings. The van der Waals surface area contributed by atoms with E-state index in [2.05, 4.69) is 40.8 Å². The van der Waals surface area contributed by atoms with Crippen LogP contribution < -0.4 is 15.4 Å². The Bertz CT molecular complexity index is 904. The minimum Gasteiger partial charge on any atom is -0.480 e. The molecule has 0 saturated heterocycles. The maximum atomic E-state index is 14.2. The van der Waals surface area contributed by atoms with Crippen molar-refractivity contribution in [1.29, 1.82) is 0 Å². The van der Waals surface area contributed by atoms with E-state index < -0.39 is 17.7 Å². The minimum absolute atomic E-state index is 0.0332. The summed E-state index contributed by atoms with van der Waals surface area (Å²) in [6.45, 7) is 1.71. The van der Waals surface area contributed by atoms with Crippen LogP contribution in [0.25, 0.3) is 0 Å². The number of hydrogen-bond acceptors (Lipinski definition) is 8. The second-order valence-corrected chi connectivity index (χ2v) is 5.43. The summed E-state index contributed by atoms with van der Waals surface area (Å²) in [4.78, 5) is 15.6. The van der Waals surface area contributed by atoms with Crippen LogP contribution in [0, 0.1) is 11.6 Å². The van der Waals surface area contributed by atoms with Crippen LogP contribution in [0.2, 0.25) is 5.15 Å². The zero-order chi connectivity index (χ0) is 18.7. The number of hydrogen-bond donors (Lipinski definition) is 3. The molecule has 0 radical (unpaired) electrons. The molecule has 26 heavy (non-hydrogen) atoms. The highest BCUT2D eigenvalue weighted by Crippen LogP contribution is 2.25. The maximum absolute atomic E-state index is 14.2. The Balaban J connectivity index is 1.81. The number of nitrogens with zero attached hydrogens (tertiary/aromatic N) is 5. The third-order valence-electron chi connectivity index (χ3n) is 3.20. The predicted molar refractivity (Wildman–Crippen MR) is 89.5 cm³/mol. The quantitative estimate of drug-likeness (QED) is 0.558. The number of ether oxygens (including phenoxy) is 1. The van der Waals surface area contributed by atoms with Crippen molar-refractivity contribution < 1.29 is 13.5 Å². The van der Waals surface area contributed by atoms with Crippen molar-refractivity contribution in [1.82, 2.24) is 30.1 Å². The lowest BCUT2D eigenvalue weighted by molar-refractivity contribution is 0.397. The number of anilines is 3. The second-order valence-electron chi connectivity index (χ2n) is 5.08. The van der Waals surface area contributed by atoms with Crippen LogP contribution in [0.4, 0.5) is 26.4 Å². The summed E-state index contributed by atoms with van der Waals surface area (Å²) in [5.41, 5.74) is 0. The molecule has 3 aromatic heterocycles. The molecule has 3 heterocycles. The van der Waals surface area contributed by atoms with Gasteiger partial charge in [0.2, 0.25) is 17.6 Å². The summed E-state index contributed by atoms with van der Waals surface area (Å²) in [5.74, 6) is -0.565. The van der Waals surface area contributed by atoms with Crippen LogP contribution in [0.5, 0.6) is 5.88 Å². The van der Waals surface area contributed by atoms with Crippen molar-refractivity contribution in [2.75, 3.05) is 17.7 Å². The number of aromatic amines is 1. The van der Waals surface area contributed by atoms with Gasteiger partial charge in [0.25, 0.3) is 0 Å². The fraction of sp³-hybridized carbons (Fsp3) is 0.214. The summed E-state index contributed by atoms with van der Waals surface area (Å²) in [6.07, 6.45) is 2.08. The Morgan fingerprint density at radius 2 is 1.96 bits per heavy atom. The Morgan fingerprint density at radius 1 is 1.23 bits per heavy atom. The fourth-order valence-electron chi connectivity index (χ4n) is 1.97. The van der Waals surface area contributed by atoms with Crippen LogP contribution in [0.15, 0.2) is 18.5 Å². The van der Waals surface area contributed by atoms with E-state index in [0.717, 1.165) is 12.4 Å². The van der Waals surface area contributed by atoms with Gasteiger partial charge in [-0.3, -0.25) is 5.10 Å². The van der Waals surface area contributed by atoms with Gasteiger partial charge in [0.05, 0.1) is 25.5 Å². The first-order valence-corrected chi connectivity index (χ1v) is 7.67. The van der Waals surface area contributed by atoms with E-state index >= 15 is 0 Å². The molecule has 1 atom stereocenters. The van der Waals surface area contributed by atoms with Gasteiger partial charge in [-0.1, -0.05) is 11.6 Å². The topological polar surface area (TPSA) is 114 Å². The number of methoxy groups -OCH3 is 1. The molecule has 0 amide bonds. The van der Waals surface area contributed by atoms with E-state index in [1.165, 1.54) is 13.2 Å². The molecule has 0 aliphatic carbocycles. The van der Waals surface area contributed by atoms with Gasteiger partial charge < -0.3 is 15.4 Å². The number of nitrogens with one attached hydrogen (secondary N) is 3. The molecule has 0 aromatic carbocycles. The van der Waals surface area contributed by atoms with Crippen molar-refractivity contribution in [3.63, 3.8) is 0 Å². The number of H-pyrrole nitrogens is 1. The standard InChI is InChI=1S/C14H13ClF2N8O/c1-6(12-18-4-7(16)5-19-12)20-14-22-11(15)10(17)13(23-14)21-8-3-9(26-2)25-24-8/h3-6H,1-2H3,(H3,20,21,22,23,24,25)/t6-/m0/s1. The summed E-state index contributed by atoms with van der Waals surface area (Å²) < 4.78 is 32.0. The highest BCUT2D eigenvalue weighted by atomic mass is 35.5. The van der Waals surface area contributed by atoms with Crippen LogP contribution in [0.1, 0.15) is 18.8 Å². The highest BCUT2D eigenvalue weighted by molar-refractivity contribution is 6.29. The first-order chi connectivity index (χ1) is 12.5. The van der Waals surface area contributed by atoms with Gasteiger partial charge in [0.15, 0.2) is 16.8 Å². The van der Waals surface area contributed by atoms with E-state index in [9.17, 15) is 8.78 Å². The Morgan fingerprint density at radius 3 is 2.62 bits per heavy atom. The van der Waals surface area contributed by atoms with Crippen molar-refractivity contribution in [2.45, 2.75) is 13.0 Å². The van der Waals surface area contributed by atoms with Gasteiger partial charge in [-0.05, 0) is 6.92 Å². The molecule has 3 N–H and O–H groups in total. The lowest BCUT2D eigenvalue weighted by Crippen LogP contribution is -2.14. The van der Waals surface area contributed by atoms with Crippen molar-refractivity contribution in [2.24, 2.45) is 0 Å². The summed E-state index contributed by atoms with van der Waals surface area (Å²) >= 11 is 5.83. The van der Waals surface area contributed by atoms with Gasteiger partial charge >= 0.3 is 0 Å². The molecule has 0 bridgehead atoms. The third-order valence-corrected chi connectivity index (χ3v) is 3.45. The first kappa shape index (κ1) is 17.7. The van der Waals surface area contributed by atoms with Crippen LogP contribution in [0.3, 0.4) is 0 Å². The molecule has 0 saturated carbocycles. The molecule has 136 valence electrons. The van der Waals surface area contributed by atoms with E-state index in [1.54, 1.807) is 6.92 Å². The highest BCUT2D eigenvalue weighted by Gasteiger charge is 2.17. The molecule has 9 nitrogen and oxygen atoms in total. The van der Waals surface area contributed by atoms with E-state index in [0.29, 0.717) is 17.5 Å². The van der Waals surface area contributed by atoms with Crippen LogP contribution in [-0.4, -0.2) is 37.2 Å². The van der Waals surface area contributed by atoms with Crippen molar-refractivity contribution in [3.8, 4) is 5.88 Å². The van der Waals surface area contributed by atoms with Gasteiger partial charge in [-0.2, -0.15) is 14.4 Å². The maximum Gasteiger partial charge on any atom is 0.234 e. The minimum atomic E-state index is -0.837. The monoisotopic (exact) mass is 382 g/mol. The van der Waals surface area contributed by atoms with Gasteiger partial charge in [-0.25, -0.2) is 14.4 Å². The van der Waals surface area contributed by atoms with Gasteiger partial charge in [0, 0.05) is 6.07 Å². The van der Waals surface area contributed by atoms with E-state index in [4.69, 9.17) is 16.3 Å². The summed E-state index contributed by atoms with van der Waals surface area (Å²) in [6, 6.07) is 1.04. The normalized spacial score (nSPS) is 11.9. The number of halogens is 3. The average Bonchev–Trinajstić information content (AvgIpc) is 3.07. The predicted octanol–water partition coefficient (Wildman–Crippen LogP) is 2.85. The largest absolute Gasteiger partial charge is 0.480 e. The molecule has 3 rings (SSSR count). The van der Waals surface area contributed by atoms with Crippen molar-refractivity contribution in [3.05, 3.63) is 41.1 Å². The third kappa shape index (κ3) is 3.94. The lowest BCUT2D eigenvalue weighted by atomic mass is 10.3. The molecule has 3 aromatic rings. The zero-order valence-electron chi connectivity index (χ0n) is 13.6. The van der Waals surface area contributed by atoms with E-state index in [-0.39, 0.29) is 16.9 Å². The van der Waals surface area contributed by atoms with E-state index in [1.807, 2.05) is 0 Å². The molecular weight excluding hydrogens is 370 g/mol. The van der Waals surface area contributed by atoms with Crippen LogP contribution in [-0.2, 0) is 0 Å². The fourth-order valence-corrected chi connectivity index (χ4v) is 2.14. The molecule has 0 aliphatic rings. The number of rotatable bonds is 6. The summed E-state index contributed by atoms with van der Waals surface area (Å²) in [7, 11) is 1.45. The average molecular weight is 383 g/mol. The smallest absolute Gasteiger partial charge is 0.234 e. The Labute approximate surface area is 151 Å². The lowest BCUT2D eigenvalue weighted by Gasteiger charge is -2.14. The van der Waals surface area contributed by atoms with Gasteiger partial charge in [0.1, 0.15) is 11.6 Å². The zero-order valence-corrected chi connectivity index (χ0v) is 14.3. The molecule has 0 spiro atoms.